The second-order valence-electron chi connectivity index (χ2n) is 8.22. The number of para-hydroxylation sites is 1. The van der Waals surface area contributed by atoms with Gasteiger partial charge in [0.15, 0.2) is 0 Å². The van der Waals surface area contributed by atoms with E-state index >= 15 is 0 Å². The average molecular weight is 479 g/mol. The number of hydrogen-bond acceptors (Lipinski definition) is 5. The SMILES string of the molecule is CC1CCc2c(sc3nc(C(C)N(C)CC(=O)Nc4c(Cl)cccc4Cl)[nH]c(=O)c23)C1. The van der Waals surface area contributed by atoms with Crippen molar-refractivity contribution in [3.8, 4) is 0 Å². The summed E-state index contributed by atoms with van der Waals surface area (Å²) in [5.74, 6) is 0.929. The van der Waals surface area contributed by atoms with Gasteiger partial charge in [0.1, 0.15) is 10.7 Å². The van der Waals surface area contributed by atoms with Crippen LogP contribution in [0, 0.1) is 5.92 Å². The first-order chi connectivity index (χ1) is 14.7. The Bertz CT molecular complexity index is 1190. The third kappa shape index (κ3) is 4.51. The molecule has 2 heterocycles. The minimum absolute atomic E-state index is 0.0862. The van der Waals surface area contributed by atoms with Crippen LogP contribution in [0.3, 0.4) is 0 Å². The van der Waals surface area contributed by atoms with Gasteiger partial charge in [-0.05, 0) is 56.8 Å². The van der Waals surface area contributed by atoms with Crippen molar-refractivity contribution in [2.45, 2.75) is 39.2 Å². The first-order valence-electron chi connectivity index (χ1n) is 10.2. The zero-order valence-corrected chi connectivity index (χ0v) is 19.9. The van der Waals surface area contributed by atoms with Gasteiger partial charge in [-0.25, -0.2) is 4.98 Å². The van der Waals surface area contributed by atoms with Crippen molar-refractivity contribution in [1.29, 1.82) is 0 Å². The van der Waals surface area contributed by atoms with Crippen LogP contribution in [0.4, 0.5) is 5.69 Å². The number of aromatic nitrogens is 2. The van der Waals surface area contributed by atoms with Gasteiger partial charge in [0.2, 0.25) is 5.91 Å². The Morgan fingerprint density at radius 1 is 1.39 bits per heavy atom. The van der Waals surface area contributed by atoms with Crippen LogP contribution in [0.15, 0.2) is 23.0 Å². The van der Waals surface area contributed by atoms with Crippen molar-refractivity contribution in [3.63, 3.8) is 0 Å². The van der Waals surface area contributed by atoms with E-state index in [1.54, 1.807) is 29.5 Å². The lowest BCUT2D eigenvalue weighted by Crippen LogP contribution is -2.33. The fourth-order valence-electron chi connectivity index (χ4n) is 3.93. The Morgan fingerprint density at radius 3 is 2.81 bits per heavy atom. The molecule has 2 atom stereocenters. The summed E-state index contributed by atoms with van der Waals surface area (Å²) in [6.07, 6.45) is 3.04. The van der Waals surface area contributed by atoms with Crippen LogP contribution in [-0.4, -0.2) is 34.4 Å². The third-order valence-corrected chi connectivity index (χ3v) is 7.64. The summed E-state index contributed by atoms with van der Waals surface area (Å²) in [7, 11) is 1.81. The van der Waals surface area contributed by atoms with Crippen LogP contribution in [0.25, 0.3) is 10.2 Å². The van der Waals surface area contributed by atoms with Crippen LogP contribution in [0.2, 0.25) is 10.0 Å². The van der Waals surface area contributed by atoms with Crippen LogP contribution in [0.5, 0.6) is 0 Å². The molecule has 0 saturated carbocycles. The van der Waals surface area contributed by atoms with Gasteiger partial charge in [-0.2, -0.15) is 0 Å². The number of H-pyrrole nitrogens is 1. The number of aromatic amines is 1. The molecule has 1 aliphatic carbocycles. The van der Waals surface area contributed by atoms with Gasteiger partial charge in [0, 0.05) is 4.88 Å². The number of thiophene rings is 1. The molecule has 0 radical (unpaired) electrons. The molecule has 2 aromatic heterocycles. The lowest BCUT2D eigenvalue weighted by molar-refractivity contribution is -0.117. The molecule has 4 rings (SSSR count). The molecule has 1 aliphatic rings. The number of nitrogens with zero attached hydrogens (tertiary/aromatic N) is 2. The number of halogens is 2. The number of hydrogen-bond donors (Lipinski definition) is 2. The van der Waals surface area contributed by atoms with Crippen LogP contribution >= 0.6 is 34.5 Å². The summed E-state index contributed by atoms with van der Waals surface area (Å²) in [4.78, 5) is 37.0. The maximum absolute atomic E-state index is 12.9. The number of benzene rings is 1. The Morgan fingerprint density at radius 2 is 2.10 bits per heavy atom. The zero-order chi connectivity index (χ0) is 22.3. The Labute approximate surface area is 194 Å². The van der Waals surface area contributed by atoms with Crippen LogP contribution in [-0.2, 0) is 17.6 Å². The molecule has 0 spiro atoms. The second-order valence-corrected chi connectivity index (χ2v) is 10.1. The van der Waals surface area contributed by atoms with E-state index in [0.29, 0.717) is 27.5 Å². The van der Waals surface area contributed by atoms with Crippen molar-refractivity contribution in [1.82, 2.24) is 14.9 Å². The number of rotatable bonds is 5. The number of aryl methyl sites for hydroxylation is 1. The monoisotopic (exact) mass is 478 g/mol. The molecular formula is C22H24Cl2N4O2S. The molecule has 164 valence electrons. The molecule has 1 aromatic carbocycles. The molecule has 0 saturated heterocycles. The van der Waals surface area contributed by atoms with E-state index in [1.165, 1.54) is 4.88 Å². The number of amides is 1. The van der Waals surface area contributed by atoms with Gasteiger partial charge in [-0.3, -0.25) is 14.5 Å². The quantitative estimate of drug-likeness (QED) is 0.537. The van der Waals surface area contributed by atoms with E-state index in [0.717, 1.165) is 35.0 Å². The van der Waals surface area contributed by atoms with Gasteiger partial charge in [-0.1, -0.05) is 36.2 Å². The number of anilines is 1. The largest absolute Gasteiger partial charge is 0.322 e. The predicted molar refractivity (Wildman–Crippen MR) is 128 cm³/mol. The van der Waals surface area contributed by atoms with Gasteiger partial charge < -0.3 is 10.3 Å². The fraction of sp³-hybridized carbons (Fsp3) is 0.409. The molecule has 0 fully saturated rings. The highest BCUT2D eigenvalue weighted by molar-refractivity contribution is 7.18. The number of nitrogens with one attached hydrogen (secondary N) is 2. The lowest BCUT2D eigenvalue weighted by atomic mass is 9.89. The van der Waals surface area contributed by atoms with Crippen LogP contribution < -0.4 is 10.9 Å². The minimum Gasteiger partial charge on any atom is -0.322 e. The van der Waals surface area contributed by atoms with Gasteiger partial charge in [0.25, 0.3) is 5.56 Å². The standard InChI is InChI=1S/C22H24Cl2N4O2S/c1-11-7-8-13-16(9-11)31-22-18(13)21(30)26-20(27-22)12(2)28(3)10-17(29)25-19-14(23)5-4-6-15(19)24/h4-6,11-12H,7-10H2,1-3H3,(H,25,29)(H,26,27,30). The molecule has 1 amide bonds. The Balaban J connectivity index is 1.53. The molecule has 2 N–H and O–H groups in total. The van der Waals surface area contributed by atoms with Crippen molar-refractivity contribution in [3.05, 3.63) is 54.9 Å². The summed E-state index contributed by atoms with van der Waals surface area (Å²) < 4.78 is 0. The van der Waals surface area contributed by atoms with E-state index in [1.807, 2.05) is 18.9 Å². The first-order valence-corrected chi connectivity index (χ1v) is 11.8. The normalized spacial score (nSPS) is 17.0. The van der Waals surface area contributed by atoms with Crippen molar-refractivity contribution < 1.29 is 4.79 Å². The summed E-state index contributed by atoms with van der Waals surface area (Å²) in [5, 5.41) is 4.25. The molecule has 0 bridgehead atoms. The molecule has 6 nitrogen and oxygen atoms in total. The van der Waals surface area contributed by atoms with E-state index in [4.69, 9.17) is 28.2 Å². The summed E-state index contributed by atoms with van der Waals surface area (Å²) >= 11 is 13.9. The second kappa shape index (κ2) is 8.90. The van der Waals surface area contributed by atoms with Crippen molar-refractivity contribution in [2.75, 3.05) is 18.9 Å². The number of likely N-dealkylation sites (N-methyl/N-ethyl adjacent to an activating group) is 1. The molecule has 2 unspecified atom stereocenters. The van der Waals surface area contributed by atoms with Gasteiger partial charge >= 0.3 is 0 Å². The van der Waals surface area contributed by atoms with Crippen LogP contribution in [0.1, 0.15) is 42.6 Å². The summed E-state index contributed by atoms with van der Waals surface area (Å²) in [6.45, 7) is 4.24. The topological polar surface area (TPSA) is 78.1 Å². The van der Waals surface area contributed by atoms with E-state index in [9.17, 15) is 9.59 Å². The third-order valence-electron chi connectivity index (χ3n) is 5.86. The number of carbonyl (C=O) groups excluding carboxylic acids is 1. The average Bonchev–Trinajstić information content (AvgIpc) is 3.08. The first kappa shape index (κ1) is 22.3. The zero-order valence-electron chi connectivity index (χ0n) is 17.6. The number of fused-ring (bicyclic) bond motifs is 3. The minimum atomic E-state index is -0.261. The molecule has 0 aliphatic heterocycles. The maximum Gasteiger partial charge on any atom is 0.259 e. The molecule has 9 heteroatoms. The maximum atomic E-state index is 12.9. The van der Waals surface area contributed by atoms with Gasteiger partial charge in [-0.15, -0.1) is 11.3 Å². The molecule has 31 heavy (non-hydrogen) atoms. The Hall–Kier alpha value is -1.93. The fourth-order valence-corrected chi connectivity index (χ4v) is 5.81. The molecule has 3 aromatic rings. The van der Waals surface area contributed by atoms with E-state index < -0.39 is 0 Å². The van der Waals surface area contributed by atoms with E-state index in [-0.39, 0.29) is 24.1 Å². The molecular weight excluding hydrogens is 455 g/mol. The number of carbonyl (C=O) groups is 1. The lowest BCUT2D eigenvalue weighted by Gasteiger charge is -2.23. The van der Waals surface area contributed by atoms with Gasteiger partial charge in [0.05, 0.1) is 33.7 Å². The summed E-state index contributed by atoms with van der Waals surface area (Å²) in [6, 6.07) is 4.79. The highest BCUT2D eigenvalue weighted by Gasteiger charge is 2.25. The van der Waals surface area contributed by atoms with Crippen molar-refractivity contribution >= 4 is 56.3 Å². The smallest absolute Gasteiger partial charge is 0.259 e. The van der Waals surface area contributed by atoms with E-state index in [2.05, 4.69) is 17.2 Å². The predicted octanol–water partition coefficient (Wildman–Crippen LogP) is 5.05. The highest BCUT2D eigenvalue weighted by atomic mass is 35.5. The summed E-state index contributed by atoms with van der Waals surface area (Å²) in [5.41, 5.74) is 1.46. The highest BCUT2D eigenvalue weighted by Crippen LogP contribution is 2.36. The Kier molecular flexibility index (Phi) is 6.40. The van der Waals surface area contributed by atoms with Crippen molar-refractivity contribution in [2.24, 2.45) is 5.92 Å².